The fraction of sp³-hybridized carbons (Fsp3) is 0.273. The van der Waals surface area contributed by atoms with Gasteiger partial charge in [0.25, 0.3) is 5.91 Å². The average Bonchev–Trinajstić information content (AvgIpc) is 3.29. The van der Waals surface area contributed by atoms with Crippen molar-refractivity contribution in [3.63, 3.8) is 0 Å². The molecule has 1 aromatic heterocycles. The second-order valence-electron chi connectivity index (χ2n) is 6.74. The molecule has 2 heterocycles. The van der Waals surface area contributed by atoms with E-state index in [2.05, 4.69) is 22.0 Å². The molecule has 0 N–H and O–H groups in total. The fourth-order valence-corrected chi connectivity index (χ4v) is 4.16. The monoisotopic (exact) mass is 409 g/mol. The number of aromatic nitrogens is 1. The Balaban J connectivity index is 1.38. The Kier molecular flexibility index (Phi) is 5.67. The molecule has 29 heavy (non-hydrogen) atoms. The van der Waals surface area contributed by atoms with E-state index in [0.29, 0.717) is 18.8 Å². The van der Waals surface area contributed by atoms with Crippen LogP contribution >= 0.6 is 11.3 Å². The highest BCUT2D eigenvalue weighted by molar-refractivity contribution is 7.13. The van der Waals surface area contributed by atoms with Crippen LogP contribution in [0.5, 0.6) is 11.5 Å². The summed E-state index contributed by atoms with van der Waals surface area (Å²) in [5.41, 5.74) is 2.64. The largest absolute Gasteiger partial charge is 0.497 e. The third-order valence-electron chi connectivity index (χ3n) is 5.06. The van der Waals surface area contributed by atoms with Crippen LogP contribution in [-0.2, 0) is 0 Å². The van der Waals surface area contributed by atoms with Gasteiger partial charge in [-0.3, -0.25) is 4.79 Å². The quantitative estimate of drug-likeness (QED) is 0.642. The molecule has 0 spiro atoms. The molecular weight excluding hydrogens is 386 g/mol. The predicted molar refractivity (Wildman–Crippen MR) is 115 cm³/mol. The summed E-state index contributed by atoms with van der Waals surface area (Å²) in [6.45, 7) is 2.96. The number of hydrogen-bond donors (Lipinski definition) is 0. The normalized spacial score (nSPS) is 14.0. The van der Waals surface area contributed by atoms with E-state index in [4.69, 9.17) is 9.47 Å². The SMILES string of the molecule is COc1ccc(-c2nc(C(=O)N3CCN(c4ccc(OC)cc4)CC3)cs2)cc1. The maximum absolute atomic E-state index is 12.9. The molecule has 1 aliphatic heterocycles. The number of nitrogens with zero attached hydrogens (tertiary/aromatic N) is 3. The van der Waals surface area contributed by atoms with Crippen LogP contribution in [0, 0.1) is 0 Å². The number of carbonyl (C=O) groups is 1. The predicted octanol–water partition coefficient (Wildman–Crippen LogP) is 3.79. The minimum Gasteiger partial charge on any atom is -0.497 e. The van der Waals surface area contributed by atoms with E-state index in [1.807, 2.05) is 46.7 Å². The van der Waals surface area contributed by atoms with Gasteiger partial charge in [-0.25, -0.2) is 4.98 Å². The summed E-state index contributed by atoms with van der Waals surface area (Å²) in [6, 6.07) is 15.7. The number of benzene rings is 2. The minimum atomic E-state index is -0.00427. The molecule has 0 saturated carbocycles. The van der Waals surface area contributed by atoms with Crippen molar-refractivity contribution in [3.05, 3.63) is 59.6 Å². The van der Waals surface area contributed by atoms with Crippen molar-refractivity contribution in [3.8, 4) is 22.1 Å². The molecular formula is C22H23N3O3S. The Hall–Kier alpha value is -3.06. The third kappa shape index (κ3) is 4.19. The summed E-state index contributed by atoms with van der Waals surface area (Å²) in [5, 5.41) is 2.69. The van der Waals surface area contributed by atoms with Crippen LogP contribution in [-0.4, -0.2) is 56.2 Å². The summed E-state index contributed by atoms with van der Waals surface area (Å²) in [6.07, 6.45) is 0. The number of methoxy groups -OCH3 is 2. The van der Waals surface area contributed by atoms with E-state index in [-0.39, 0.29) is 5.91 Å². The Labute approximate surface area is 174 Å². The maximum Gasteiger partial charge on any atom is 0.273 e. The summed E-state index contributed by atoms with van der Waals surface area (Å²) in [5.74, 6) is 1.64. The van der Waals surface area contributed by atoms with Crippen molar-refractivity contribution in [1.29, 1.82) is 0 Å². The number of amides is 1. The lowest BCUT2D eigenvalue weighted by Gasteiger charge is -2.35. The van der Waals surface area contributed by atoms with Crippen LogP contribution in [0.4, 0.5) is 5.69 Å². The average molecular weight is 410 g/mol. The highest BCUT2D eigenvalue weighted by Crippen LogP contribution is 2.27. The van der Waals surface area contributed by atoms with Crippen LogP contribution in [0.2, 0.25) is 0 Å². The number of thiazole rings is 1. The van der Waals surface area contributed by atoms with Crippen molar-refractivity contribution in [1.82, 2.24) is 9.88 Å². The standard InChI is InChI=1S/C22H23N3O3S/c1-27-18-7-3-16(4-8-18)21-23-20(15-29-21)22(26)25-13-11-24(12-14-25)17-5-9-19(28-2)10-6-17/h3-10,15H,11-14H2,1-2H3. The highest BCUT2D eigenvalue weighted by Gasteiger charge is 2.24. The molecule has 7 heteroatoms. The zero-order valence-electron chi connectivity index (χ0n) is 16.5. The van der Waals surface area contributed by atoms with Gasteiger partial charge in [0, 0.05) is 42.8 Å². The van der Waals surface area contributed by atoms with E-state index in [9.17, 15) is 4.79 Å². The molecule has 0 atom stereocenters. The van der Waals surface area contributed by atoms with Gasteiger partial charge in [0.2, 0.25) is 0 Å². The Morgan fingerprint density at radius 3 is 2.07 bits per heavy atom. The van der Waals surface area contributed by atoms with Crippen LogP contribution in [0.3, 0.4) is 0 Å². The second-order valence-corrected chi connectivity index (χ2v) is 7.60. The Morgan fingerprint density at radius 2 is 1.48 bits per heavy atom. The first-order chi connectivity index (χ1) is 14.2. The van der Waals surface area contributed by atoms with Gasteiger partial charge in [0.1, 0.15) is 22.2 Å². The van der Waals surface area contributed by atoms with Gasteiger partial charge in [-0.05, 0) is 48.5 Å². The lowest BCUT2D eigenvalue weighted by molar-refractivity contribution is 0.0742. The molecule has 0 bridgehead atoms. The summed E-state index contributed by atoms with van der Waals surface area (Å²) in [4.78, 5) is 21.6. The molecule has 0 unspecified atom stereocenters. The molecule has 6 nitrogen and oxygen atoms in total. The third-order valence-corrected chi connectivity index (χ3v) is 5.96. The first kappa shape index (κ1) is 19.3. The fourth-order valence-electron chi connectivity index (χ4n) is 3.36. The smallest absolute Gasteiger partial charge is 0.273 e. The van der Waals surface area contributed by atoms with Gasteiger partial charge >= 0.3 is 0 Å². The van der Waals surface area contributed by atoms with Crippen molar-refractivity contribution in [2.45, 2.75) is 0 Å². The van der Waals surface area contributed by atoms with E-state index in [1.54, 1.807) is 14.2 Å². The molecule has 0 radical (unpaired) electrons. The molecule has 2 aromatic carbocycles. The summed E-state index contributed by atoms with van der Waals surface area (Å²) >= 11 is 1.49. The van der Waals surface area contributed by atoms with E-state index in [1.165, 1.54) is 11.3 Å². The van der Waals surface area contributed by atoms with E-state index < -0.39 is 0 Å². The number of ether oxygens (including phenoxy) is 2. The van der Waals surface area contributed by atoms with Gasteiger partial charge in [0.15, 0.2) is 0 Å². The van der Waals surface area contributed by atoms with Crippen LogP contribution in [0.1, 0.15) is 10.5 Å². The number of piperazine rings is 1. The molecule has 1 amide bonds. The lowest BCUT2D eigenvalue weighted by atomic mass is 10.2. The molecule has 1 fully saturated rings. The molecule has 150 valence electrons. The van der Waals surface area contributed by atoms with Gasteiger partial charge in [-0.1, -0.05) is 0 Å². The van der Waals surface area contributed by atoms with Crippen LogP contribution in [0.25, 0.3) is 10.6 Å². The number of hydrogen-bond acceptors (Lipinski definition) is 6. The van der Waals surface area contributed by atoms with Gasteiger partial charge in [0.05, 0.1) is 14.2 Å². The Bertz CT molecular complexity index is 962. The van der Waals surface area contributed by atoms with Crippen LogP contribution < -0.4 is 14.4 Å². The molecule has 4 rings (SSSR count). The van der Waals surface area contributed by atoms with E-state index >= 15 is 0 Å². The summed E-state index contributed by atoms with van der Waals surface area (Å²) < 4.78 is 10.4. The van der Waals surface area contributed by atoms with Crippen molar-refractivity contribution >= 4 is 22.9 Å². The maximum atomic E-state index is 12.9. The zero-order valence-corrected chi connectivity index (χ0v) is 17.3. The van der Waals surface area contributed by atoms with Crippen molar-refractivity contribution in [2.24, 2.45) is 0 Å². The van der Waals surface area contributed by atoms with Gasteiger partial charge < -0.3 is 19.3 Å². The summed E-state index contributed by atoms with van der Waals surface area (Å²) in [7, 11) is 3.31. The Morgan fingerprint density at radius 1 is 0.897 bits per heavy atom. The minimum absolute atomic E-state index is 0.00427. The zero-order chi connectivity index (χ0) is 20.2. The highest BCUT2D eigenvalue weighted by atomic mass is 32.1. The topological polar surface area (TPSA) is 54.9 Å². The molecule has 3 aromatic rings. The van der Waals surface area contributed by atoms with Crippen molar-refractivity contribution in [2.75, 3.05) is 45.3 Å². The first-order valence-electron chi connectivity index (χ1n) is 9.46. The number of anilines is 1. The number of carbonyl (C=O) groups excluding carboxylic acids is 1. The van der Waals surface area contributed by atoms with E-state index in [0.717, 1.165) is 40.8 Å². The second kappa shape index (κ2) is 8.53. The molecule has 0 aliphatic carbocycles. The first-order valence-corrected chi connectivity index (χ1v) is 10.3. The van der Waals surface area contributed by atoms with Gasteiger partial charge in [-0.2, -0.15) is 0 Å². The lowest BCUT2D eigenvalue weighted by Crippen LogP contribution is -2.48. The van der Waals surface area contributed by atoms with Crippen LogP contribution in [0.15, 0.2) is 53.9 Å². The number of rotatable bonds is 5. The molecule has 1 aliphatic rings. The van der Waals surface area contributed by atoms with Gasteiger partial charge in [-0.15, -0.1) is 11.3 Å². The van der Waals surface area contributed by atoms with Crippen molar-refractivity contribution < 1.29 is 14.3 Å². The molecule has 1 saturated heterocycles.